The number of nitrogens with zero attached hydrogens (tertiary/aromatic N) is 2. The summed E-state index contributed by atoms with van der Waals surface area (Å²) in [6, 6.07) is 19.4. The monoisotopic (exact) mass is 292 g/mol. The molecule has 2 aromatic rings. The minimum atomic E-state index is -0.210. The SMILES string of the molecule is CN1C(=O)CC(=O)N1/C(=C\c1ccccc1)c1ccccc1. The maximum Gasteiger partial charge on any atom is 0.255 e. The normalized spacial score (nSPS) is 15.6. The summed E-state index contributed by atoms with van der Waals surface area (Å²) in [4.78, 5) is 24.0. The predicted molar refractivity (Wildman–Crippen MR) is 85.0 cm³/mol. The molecule has 4 nitrogen and oxygen atoms in total. The van der Waals surface area contributed by atoms with Gasteiger partial charge in [0.05, 0.1) is 5.70 Å². The average molecular weight is 292 g/mol. The molecule has 1 fully saturated rings. The molecule has 0 spiro atoms. The van der Waals surface area contributed by atoms with Gasteiger partial charge in [-0.3, -0.25) is 9.59 Å². The molecular weight excluding hydrogens is 276 g/mol. The Morgan fingerprint density at radius 1 is 0.909 bits per heavy atom. The molecule has 1 heterocycles. The fraction of sp³-hybridized carbons (Fsp3) is 0.111. The maximum atomic E-state index is 12.2. The lowest BCUT2D eigenvalue weighted by atomic mass is 10.1. The Kier molecular flexibility index (Phi) is 3.74. The Morgan fingerprint density at radius 3 is 2.05 bits per heavy atom. The van der Waals surface area contributed by atoms with Gasteiger partial charge in [-0.1, -0.05) is 60.7 Å². The van der Waals surface area contributed by atoms with Gasteiger partial charge in [0.25, 0.3) is 11.8 Å². The molecule has 2 aromatic carbocycles. The van der Waals surface area contributed by atoms with Crippen LogP contribution in [0.15, 0.2) is 60.7 Å². The third kappa shape index (κ3) is 2.63. The number of amides is 2. The Balaban J connectivity index is 2.10. The van der Waals surface area contributed by atoms with Gasteiger partial charge in [-0.2, -0.15) is 0 Å². The Bertz CT molecular complexity index is 723. The highest BCUT2D eigenvalue weighted by Gasteiger charge is 2.35. The zero-order chi connectivity index (χ0) is 15.5. The molecule has 0 radical (unpaired) electrons. The molecule has 0 aliphatic carbocycles. The van der Waals surface area contributed by atoms with Crippen molar-refractivity contribution in [3.05, 3.63) is 71.8 Å². The van der Waals surface area contributed by atoms with Crippen molar-refractivity contribution >= 4 is 23.6 Å². The van der Waals surface area contributed by atoms with Crippen molar-refractivity contribution in [3.63, 3.8) is 0 Å². The van der Waals surface area contributed by atoms with Gasteiger partial charge >= 0.3 is 0 Å². The van der Waals surface area contributed by atoms with Crippen LogP contribution >= 0.6 is 0 Å². The fourth-order valence-electron chi connectivity index (χ4n) is 2.48. The van der Waals surface area contributed by atoms with Crippen LogP contribution < -0.4 is 0 Å². The summed E-state index contributed by atoms with van der Waals surface area (Å²) < 4.78 is 0. The van der Waals surface area contributed by atoms with E-state index in [0.29, 0.717) is 5.70 Å². The molecule has 0 aromatic heterocycles. The number of carbonyl (C=O) groups is 2. The smallest absolute Gasteiger partial charge is 0.255 e. The van der Waals surface area contributed by atoms with Crippen LogP contribution in [0.5, 0.6) is 0 Å². The predicted octanol–water partition coefficient (Wildman–Crippen LogP) is 2.79. The van der Waals surface area contributed by atoms with Crippen molar-refractivity contribution in [1.29, 1.82) is 0 Å². The van der Waals surface area contributed by atoms with E-state index in [2.05, 4.69) is 0 Å². The first-order valence-corrected chi connectivity index (χ1v) is 7.08. The van der Waals surface area contributed by atoms with E-state index in [1.54, 1.807) is 7.05 Å². The number of hydrogen-bond donors (Lipinski definition) is 0. The van der Waals surface area contributed by atoms with Crippen molar-refractivity contribution in [2.45, 2.75) is 6.42 Å². The summed E-state index contributed by atoms with van der Waals surface area (Å²) in [5.74, 6) is -0.404. The van der Waals surface area contributed by atoms with Gasteiger partial charge in [-0.05, 0) is 11.6 Å². The lowest BCUT2D eigenvalue weighted by Gasteiger charge is -2.27. The minimum absolute atomic E-state index is 0.0878. The van der Waals surface area contributed by atoms with E-state index < -0.39 is 0 Å². The molecule has 0 bridgehead atoms. The van der Waals surface area contributed by atoms with Crippen LogP contribution in [0.3, 0.4) is 0 Å². The van der Waals surface area contributed by atoms with E-state index in [1.807, 2.05) is 66.7 Å². The highest BCUT2D eigenvalue weighted by molar-refractivity contribution is 6.07. The molecule has 3 rings (SSSR count). The van der Waals surface area contributed by atoms with Crippen LogP contribution in [-0.2, 0) is 9.59 Å². The maximum absolute atomic E-state index is 12.2. The number of hydrazine groups is 1. The van der Waals surface area contributed by atoms with E-state index in [0.717, 1.165) is 11.1 Å². The standard InChI is InChI=1S/C18H16N2O2/c1-19-17(21)13-18(22)20(19)16(15-10-6-3-7-11-15)12-14-8-4-2-5-9-14/h2-12H,13H2,1H3/b16-12-. The molecule has 1 aliphatic heterocycles. The number of rotatable bonds is 3. The molecule has 0 saturated carbocycles. The molecule has 1 saturated heterocycles. The summed E-state index contributed by atoms with van der Waals surface area (Å²) in [5.41, 5.74) is 2.56. The van der Waals surface area contributed by atoms with Crippen LogP contribution in [0.25, 0.3) is 11.8 Å². The van der Waals surface area contributed by atoms with Crippen LogP contribution in [0.2, 0.25) is 0 Å². The van der Waals surface area contributed by atoms with E-state index in [-0.39, 0.29) is 18.2 Å². The topological polar surface area (TPSA) is 40.6 Å². The van der Waals surface area contributed by atoms with Crippen molar-refractivity contribution in [3.8, 4) is 0 Å². The van der Waals surface area contributed by atoms with Crippen molar-refractivity contribution in [1.82, 2.24) is 10.0 Å². The molecule has 110 valence electrons. The average Bonchev–Trinajstić information content (AvgIpc) is 2.80. The molecular formula is C18H16N2O2. The van der Waals surface area contributed by atoms with E-state index in [4.69, 9.17) is 0 Å². The Hall–Kier alpha value is -2.88. The fourth-order valence-corrected chi connectivity index (χ4v) is 2.48. The van der Waals surface area contributed by atoms with E-state index in [9.17, 15) is 9.59 Å². The van der Waals surface area contributed by atoms with E-state index >= 15 is 0 Å². The first kappa shape index (κ1) is 14.1. The largest absolute Gasteiger partial charge is 0.272 e. The molecule has 0 unspecified atom stereocenters. The Labute approximate surface area is 129 Å². The number of carbonyl (C=O) groups excluding carboxylic acids is 2. The van der Waals surface area contributed by atoms with Crippen molar-refractivity contribution < 1.29 is 9.59 Å². The van der Waals surface area contributed by atoms with Gasteiger partial charge in [0.1, 0.15) is 6.42 Å². The summed E-state index contributed by atoms with van der Waals surface area (Å²) in [5, 5.41) is 2.83. The molecule has 0 atom stereocenters. The van der Waals surface area contributed by atoms with Crippen LogP contribution in [-0.4, -0.2) is 28.9 Å². The quantitative estimate of drug-likeness (QED) is 0.644. The summed E-state index contributed by atoms with van der Waals surface area (Å²) in [7, 11) is 1.62. The zero-order valence-corrected chi connectivity index (χ0v) is 12.3. The minimum Gasteiger partial charge on any atom is -0.272 e. The van der Waals surface area contributed by atoms with Gasteiger partial charge in [0.2, 0.25) is 0 Å². The third-order valence-corrected chi connectivity index (χ3v) is 3.60. The van der Waals surface area contributed by atoms with Gasteiger partial charge in [0.15, 0.2) is 0 Å². The summed E-state index contributed by atoms with van der Waals surface area (Å²) in [6.45, 7) is 0. The lowest BCUT2D eigenvalue weighted by Crippen LogP contribution is -2.36. The van der Waals surface area contributed by atoms with Gasteiger partial charge in [0, 0.05) is 12.6 Å². The zero-order valence-electron chi connectivity index (χ0n) is 12.3. The lowest BCUT2D eigenvalue weighted by molar-refractivity contribution is -0.137. The second-order valence-electron chi connectivity index (χ2n) is 5.11. The Morgan fingerprint density at radius 2 is 1.50 bits per heavy atom. The molecule has 1 aliphatic rings. The first-order valence-electron chi connectivity index (χ1n) is 7.08. The van der Waals surface area contributed by atoms with Crippen molar-refractivity contribution in [2.24, 2.45) is 0 Å². The highest BCUT2D eigenvalue weighted by Crippen LogP contribution is 2.28. The van der Waals surface area contributed by atoms with Crippen LogP contribution in [0, 0.1) is 0 Å². The first-order chi connectivity index (χ1) is 10.7. The number of hydrogen-bond acceptors (Lipinski definition) is 2. The molecule has 4 heteroatoms. The van der Waals surface area contributed by atoms with Gasteiger partial charge in [-0.25, -0.2) is 10.0 Å². The second kappa shape index (κ2) is 5.85. The summed E-state index contributed by atoms with van der Waals surface area (Å²) >= 11 is 0. The van der Waals surface area contributed by atoms with Gasteiger partial charge < -0.3 is 0 Å². The second-order valence-corrected chi connectivity index (χ2v) is 5.11. The summed E-state index contributed by atoms with van der Waals surface area (Å²) in [6.07, 6.45) is 1.83. The highest BCUT2D eigenvalue weighted by atomic mass is 16.2. The van der Waals surface area contributed by atoms with Crippen molar-refractivity contribution in [2.75, 3.05) is 7.05 Å². The van der Waals surface area contributed by atoms with Crippen LogP contribution in [0.4, 0.5) is 0 Å². The molecule has 22 heavy (non-hydrogen) atoms. The van der Waals surface area contributed by atoms with E-state index in [1.165, 1.54) is 10.0 Å². The number of benzene rings is 2. The van der Waals surface area contributed by atoms with Gasteiger partial charge in [-0.15, -0.1) is 0 Å². The molecule has 2 amide bonds. The third-order valence-electron chi connectivity index (χ3n) is 3.60. The van der Waals surface area contributed by atoms with Crippen LogP contribution in [0.1, 0.15) is 17.5 Å². The molecule has 0 N–H and O–H groups in total.